The van der Waals surface area contributed by atoms with Crippen molar-refractivity contribution in [3.8, 4) is 11.3 Å². The molecule has 22 heavy (non-hydrogen) atoms. The van der Waals surface area contributed by atoms with Gasteiger partial charge in [0, 0.05) is 24.2 Å². The number of halogens is 1. The van der Waals surface area contributed by atoms with Crippen molar-refractivity contribution in [2.24, 2.45) is 11.7 Å². The fourth-order valence-corrected chi connectivity index (χ4v) is 2.90. The zero-order valence-corrected chi connectivity index (χ0v) is 14.0. The highest BCUT2D eigenvalue weighted by Gasteiger charge is 2.25. The van der Waals surface area contributed by atoms with Crippen LogP contribution in [-0.2, 0) is 6.54 Å². The number of aryl methyl sites for hydroxylation is 1. The van der Waals surface area contributed by atoms with Gasteiger partial charge in [-0.3, -0.25) is 4.90 Å². The SMILES string of the molecule is Cc1ccc(-c2cc(CN3CCC(C(C)N)C3)on2)cc1.Cl. The Labute approximate surface area is 138 Å². The van der Waals surface area contributed by atoms with Crippen LogP contribution in [0.2, 0.25) is 0 Å². The molecule has 4 nitrogen and oxygen atoms in total. The molecule has 1 saturated heterocycles. The van der Waals surface area contributed by atoms with E-state index in [2.05, 4.69) is 48.2 Å². The van der Waals surface area contributed by atoms with E-state index in [1.165, 1.54) is 12.0 Å². The molecule has 1 aliphatic heterocycles. The van der Waals surface area contributed by atoms with Gasteiger partial charge >= 0.3 is 0 Å². The Morgan fingerprint density at radius 3 is 2.73 bits per heavy atom. The second-order valence-corrected chi connectivity index (χ2v) is 6.19. The number of nitrogens with two attached hydrogens (primary N) is 1. The quantitative estimate of drug-likeness (QED) is 0.939. The third-order valence-electron chi connectivity index (χ3n) is 4.34. The van der Waals surface area contributed by atoms with Crippen molar-refractivity contribution in [1.82, 2.24) is 10.1 Å². The molecule has 2 heterocycles. The molecule has 0 radical (unpaired) electrons. The minimum absolute atomic E-state index is 0. The molecule has 0 amide bonds. The van der Waals surface area contributed by atoms with E-state index in [0.717, 1.165) is 36.7 Å². The predicted molar refractivity (Wildman–Crippen MR) is 91.0 cm³/mol. The molecule has 0 bridgehead atoms. The summed E-state index contributed by atoms with van der Waals surface area (Å²) in [6.45, 7) is 7.14. The van der Waals surface area contributed by atoms with Crippen molar-refractivity contribution in [3.63, 3.8) is 0 Å². The van der Waals surface area contributed by atoms with E-state index < -0.39 is 0 Å². The van der Waals surface area contributed by atoms with Crippen LogP contribution in [0.15, 0.2) is 34.9 Å². The largest absolute Gasteiger partial charge is 0.359 e. The van der Waals surface area contributed by atoms with Crippen LogP contribution in [0.3, 0.4) is 0 Å². The average molecular weight is 322 g/mol. The third kappa shape index (κ3) is 3.88. The lowest BCUT2D eigenvalue weighted by molar-refractivity contribution is 0.262. The molecule has 1 fully saturated rings. The van der Waals surface area contributed by atoms with Crippen LogP contribution in [0, 0.1) is 12.8 Å². The van der Waals surface area contributed by atoms with Gasteiger partial charge in [-0.15, -0.1) is 12.4 Å². The van der Waals surface area contributed by atoms with Crippen molar-refractivity contribution >= 4 is 12.4 Å². The van der Waals surface area contributed by atoms with E-state index in [-0.39, 0.29) is 18.4 Å². The van der Waals surface area contributed by atoms with Gasteiger partial charge in [0.15, 0.2) is 5.76 Å². The van der Waals surface area contributed by atoms with Crippen LogP contribution in [0.1, 0.15) is 24.7 Å². The molecule has 2 atom stereocenters. The van der Waals surface area contributed by atoms with Crippen LogP contribution in [-0.4, -0.2) is 29.2 Å². The van der Waals surface area contributed by atoms with Gasteiger partial charge in [0.1, 0.15) is 5.69 Å². The van der Waals surface area contributed by atoms with Crippen LogP contribution in [0.25, 0.3) is 11.3 Å². The fraction of sp³-hybridized carbons (Fsp3) is 0.471. The molecule has 2 aromatic rings. The van der Waals surface area contributed by atoms with Gasteiger partial charge in [-0.2, -0.15) is 0 Å². The summed E-state index contributed by atoms with van der Waals surface area (Å²) in [5.41, 5.74) is 9.25. The number of likely N-dealkylation sites (tertiary alicyclic amines) is 1. The number of aromatic nitrogens is 1. The summed E-state index contributed by atoms with van der Waals surface area (Å²) in [5, 5.41) is 4.19. The Balaban J connectivity index is 0.00000176. The molecule has 1 aromatic heterocycles. The normalized spacial score (nSPS) is 19.9. The molecule has 0 aliphatic carbocycles. The number of benzene rings is 1. The summed E-state index contributed by atoms with van der Waals surface area (Å²) in [5.74, 6) is 1.53. The summed E-state index contributed by atoms with van der Waals surface area (Å²) >= 11 is 0. The first-order chi connectivity index (χ1) is 10.1. The van der Waals surface area contributed by atoms with E-state index in [0.29, 0.717) is 5.92 Å². The standard InChI is InChI=1S/C17H23N3O.ClH/c1-12-3-5-14(6-4-12)17-9-16(21-19-17)11-20-8-7-15(10-20)13(2)18;/h3-6,9,13,15H,7-8,10-11,18H2,1-2H3;1H. The van der Waals surface area contributed by atoms with E-state index in [4.69, 9.17) is 10.3 Å². The Hall–Kier alpha value is -1.36. The highest BCUT2D eigenvalue weighted by Crippen LogP contribution is 2.23. The Morgan fingerprint density at radius 2 is 2.09 bits per heavy atom. The molecule has 0 saturated carbocycles. The number of rotatable bonds is 4. The molecular formula is C17H24ClN3O. The van der Waals surface area contributed by atoms with Crippen molar-refractivity contribution in [2.45, 2.75) is 32.9 Å². The fourth-order valence-electron chi connectivity index (χ4n) is 2.90. The van der Waals surface area contributed by atoms with Gasteiger partial charge in [-0.25, -0.2) is 0 Å². The van der Waals surface area contributed by atoms with E-state index in [1.54, 1.807) is 0 Å². The van der Waals surface area contributed by atoms with Gasteiger partial charge in [0.25, 0.3) is 0 Å². The number of hydrogen-bond acceptors (Lipinski definition) is 4. The van der Waals surface area contributed by atoms with Gasteiger partial charge in [0.2, 0.25) is 0 Å². The van der Waals surface area contributed by atoms with Crippen LogP contribution in [0.5, 0.6) is 0 Å². The predicted octanol–water partition coefficient (Wildman–Crippen LogP) is 3.24. The maximum atomic E-state index is 5.98. The highest BCUT2D eigenvalue weighted by molar-refractivity contribution is 5.85. The first-order valence-corrected chi connectivity index (χ1v) is 7.62. The second kappa shape index (κ2) is 7.27. The summed E-state index contributed by atoms with van der Waals surface area (Å²) in [6.07, 6.45) is 1.18. The van der Waals surface area contributed by atoms with Gasteiger partial charge < -0.3 is 10.3 Å². The van der Waals surface area contributed by atoms with E-state index >= 15 is 0 Å². The molecular weight excluding hydrogens is 298 g/mol. The minimum atomic E-state index is 0. The first kappa shape index (κ1) is 17.0. The Kier molecular flexibility index (Phi) is 5.62. The third-order valence-corrected chi connectivity index (χ3v) is 4.34. The lowest BCUT2D eigenvalue weighted by atomic mass is 10.0. The lowest BCUT2D eigenvalue weighted by Gasteiger charge is -2.16. The van der Waals surface area contributed by atoms with Gasteiger partial charge in [-0.05, 0) is 32.7 Å². The lowest BCUT2D eigenvalue weighted by Crippen LogP contribution is -2.29. The summed E-state index contributed by atoms with van der Waals surface area (Å²) in [6, 6.07) is 10.7. The van der Waals surface area contributed by atoms with Crippen molar-refractivity contribution in [3.05, 3.63) is 41.7 Å². The highest BCUT2D eigenvalue weighted by atomic mass is 35.5. The summed E-state index contributed by atoms with van der Waals surface area (Å²) in [4.78, 5) is 2.40. The van der Waals surface area contributed by atoms with Crippen LogP contribution in [0.4, 0.5) is 0 Å². The van der Waals surface area contributed by atoms with Crippen LogP contribution >= 0.6 is 12.4 Å². The molecule has 2 unspecified atom stereocenters. The molecule has 2 N–H and O–H groups in total. The molecule has 120 valence electrons. The molecule has 1 aliphatic rings. The van der Waals surface area contributed by atoms with E-state index in [9.17, 15) is 0 Å². The number of nitrogens with zero attached hydrogens (tertiary/aromatic N) is 2. The summed E-state index contributed by atoms with van der Waals surface area (Å²) in [7, 11) is 0. The smallest absolute Gasteiger partial charge is 0.151 e. The van der Waals surface area contributed by atoms with Crippen molar-refractivity contribution in [2.75, 3.05) is 13.1 Å². The van der Waals surface area contributed by atoms with Crippen molar-refractivity contribution < 1.29 is 4.52 Å². The zero-order chi connectivity index (χ0) is 14.8. The zero-order valence-electron chi connectivity index (χ0n) is 13.2. The van der Waals surface area contributed by atoms with Gasteiger partial charge in [-0.1, -0.05) is 35.0 Å². The first-order valence-electron chi connectivity index (χ1n) is 7.62. The summed E-state index contributed by atoms with van der Waals surface area (Å²) < 4.78 is 5.48. The molecule has 5 heteroatoms. The Bertz CT molecular complexity index is 594. The second-order valence-electron chi connectivity index (χ2n) is 6.19. The molecule has 3 rings (SSSR count). The van der Waals surface area contributed by atoms with Crippen molar-refractivity contribution in [1.29, 1.82) is 0 Å². The maximum Gasteiger partial charge on any atom is 0.151 e. The monoisotopic (exact) mass is 321 g/mol. The van der Waals surface area contributed by atoms with Crippen LogP contribution < -0.4 is 5.73 Å². The minimum Gasteiger partial charge on any atom is -0.359 e. The topological polar surface area (TPSA) is 55.3 Å². The molecule has 0 spiro atoms. The van der Waals surface area contributed by atoms with E-state index in [1.807, 2.05) is 6.07 Å². The van der Waals surface area contributed by atoms with Gasteiger partial charge in [0.05, 0.1) is 6.54 Å². The molecule has 1 aromatic carbocycles. The Morgan fingerprint density at radius 1 is 1.36 bits per heavy atom. The maximum absolute atomic E-state index is 5.98. The number of hydrogen-bond donors (Lipinski definition) is 1. The average Bonchev–Trinajstić information content (AvgIpc) is 3.10.